The van der Waals surface area contributed by atoms with Crippen LogP contribution >= 0.6 is 0 Å². The first-order valence-corrected chi connectivity index (χ1v) is 6.39. The fourth-order valence-electron chi connectivity index (χ4n) is 1.98. The Morgan fingerprint density at radius 2 is 1.72 bits per heavy atom. The largest absolute Gasteiger partial charge is 0.326 e. The highest BCUT2D eigenvalue weighted by Gasteiger charge is 2.07. The van der Waals surface area contributed by atoms with Gasteiger partial charge in [-0.3, -0.25) is 9.59 Å². The Kier molecular flexibility index (Phi) is 4.47. The van der Waals surface area contributed by atoms with Crippen LogP contribution in [0.5, 0.6) is 0 Å². The lowest BCUT2D eigenvalue weighted by molar-refractivity contribution is -0.116. The number of hydrogen-bond acceptors (Lipinski definition) is 3. The van der Waals surface area contributed by atoms with Crippen molar-refractivity contribution < 1.29 is 9.59 Å². The second-order valence-corrected chi connectivity index (χ2v) is 4.54. The van der Waals surface area contributed by atoms with E-state index in [0.717, 1.165) is 31.5 Å². The number of fused-ring (bicyclic) bond motifs is 11. The number of rotatable bonds is 0. The lowest BCUT2D eigenvalue weighted by Crippen LogP contribution is -2.24. The number of carbonyl (C=O) groups excluding carboxylic acids is 2. The van der Waals surface area contributed by atoms with Crippen LogP contribution in [0.3, 0.4) is 0 Å². The van der Waals surface area contributed by atoms with Gasteiger partial charge in [-0.2, -0.15) is 0 Å². The molecule has 0 aliphatic carbocycles. The predicted molar refractivity (Wildman–Crippen MR) is 70.7 cm³/mol. The van der Waals surface area contributed by atoms with Crippen molar-refractivity contribution in [1.82, 2.24) is 5.32 Å². The summed E-state index contributed by atoms with van der Waals surface area (Å²) in [6, 6.07) is 7.06. The predicted octanol–water partition coefficient (Wildman–Crippen LogP) is 1.97. The lowest BCUT2D eigenvalue weighted by atomic mass is 10.1. The molecule has 0 spiro atoms. The van der Waals surface area contributed by atoms with E-state index in [1.54, 1.807) is 24.3 Å². The number of carbonyl (C=O) groups is 2. The molecular weight excluding hydrogens is 228 g/mol. The Balaban J connectivity index is 2.10. The molecule has 0 aromatic heterocycles. The highest BCUT2D eigenvalue weighted by atomic mass is 16.1. The molecule has 0 saturated carbocycles. The third kappa shape index (κ3) is 3.67. The number of amides is 1. The van der Waals surface area contributed by atoms with E-state index in [4.69, 9.17) is 0 Å². The summed E-state index contributed by atoms with van der Waals surface area (Å²) in [6.45, 7) is 1.21. The minimum atomic E-state index is 0.0408. The molecule has 1 amide bonds. The van der Waals surface area contributed by atoms with Crippen LogP contribution < -0.4 is 10.6 Å². The summed E-state index contributed by atoms with van der Waals surface area (Å²) < 4.78 is 0. The van der Waals surface area contributed by atoms with Crippen molar-refractivity contribution >= 4 is 17.4 Å². The molecule has 1 aromatic rings. The number of nitrogens with one attached hydrogen (secondary N) is 2. The van der Waals surface area contributed by atoms with Crippen molar-refractivity contribution in [2.24, 2.45) is 0 Å². The van der Waals surface area contributed by atoms with E-state index in [9.17, 15) is 9.59 Å². The SMILES string of the molecule is O=C1CCCCCNCC(=O)c2ccc(cc2)N1. The smallest absolute Gasteiger partial charge is 0.224 e. The van der Waals surface area contributed by atoms with Crippen LogP contribution in [0.1, 0.15) is 36.0 Å². The van der Waals surface area contributed by atoms with E-state index in [0.29, 0.717) is 18.5 Å². The van der Waals surface area contributed by atoms with Gasteiger partial charge < -0.3 is 10.6 Å². The normalized spacial score (nSPS) is 18.2. The molecule has 2 aliphatic rings. The summed E-state index contributed by atoms with van der Waals surface area (Å²) in [4.78, 5) is 23.4. The van der Waals surface area contributed by atoms with Crippen LogP contribution in [0.4, 0.5) is 5.69 Å². The summed E-state index contributed by atoms with van der Waals surface area (Å²) in [7, 11) is 0. The maximum absolute atomic E-state index is 11.8. The molecule has 2 N–H and O–H groups in total. The Morgan fingerprint density at radius 3 is 2.50 bits per heavy atom. The summed E-state index contributed by atoms with van der Waals surface area (Å²) >= 11 is 0. The summed E-state index contributed by atoms with van der Waals surface area (Å²) in [5, 5.41) is 5.97. The van der Waals surface area contributed by atoms with E-state index in [-0.39, 0.29) is 11.7 Å². The van der Waals surface area contributed by atoms with E-state index in [2.05, 4.69) is 10.6 Å². The van der Waals surface area contributed by atoms with Gasteiger partial charge in [0.2, 0.25) is 5.91 Å². The van der Waals surface area contributed by atoms with E-state index < -0.39 is 0 Å². The highest BCUT2D eigenvalue weighted by molar-refractivity contribution is 5.98. The van der Waals surface area contributed by atoms with Gasteiger partial charge in [0.1, 0.15) is 0 Å². The summed E-state index contributed by atoms with van der Waals surface area (Å²) in [6.07, 6.45) is 3.45. The molecule has 1 aromatic carbocycles. The molecular formula is C14H18N2O2. The standard InChI is InChI=1S/C14H18N2O2/c17-13-10-15-9-3-1-2-4-14(18)16-12-7-5-11(13)6-8-12/h5-8,15H,1-4,9-10H2,(H,16,18). The van der Waals surface area contributed by atoms with Crippen molar-refractivity contribution in [3.8, 4) is 0 Å². The fraction of sp³-hybridized carbons (Fsp3) is 0.429. The highest BCUT2D eigenvalue weighted by Crippen LogP contribution is 2.11. The van der Waals surface area contributed by atoms with Crippen LogP contribution in [-0.4, -0.2) is 24.8 Å². The first-order valence-electron chi connectivity index (χ1n) is 6.39. The zero-order valence-corrected chi connectivity index (χ0v) is 10.4. The van der Waals surface area contributed by atoms with Gasteiger partial charge in [-0.1, -0.05) is 6.42 Å². The monoisotopic (exact) mass is 246 g/mol. The Morgan fingerprint density at radius 1 is 0.944 bits per heavy atom. The van der Waals surface area contributed by atoms with Crippen molar-refractivity contribution in [3.63, 3.8) is 0 Å². The maximum atomic E-state index is 11.8. The minimum absolute atomic E-state index is 0.0408. The number of anilines is 1. The van der Waals surface area contributed by atoms with Crippen LogP contribution in [0.15, 0.2) is 24.3 Å². The number of Topliss-reactive ketones (excluding diaryl/α,β-unsaturated/α-hetero) is 1. The molecule has 2 bridgehead atoms. The van der Waals surface area contributed by atoms with Crippen LogP contribution in [-0.2, 0) is 4.79 Å². The topological polar surface area (TPSA) is 58.2 Å². The second-order valence-electron chi connectivity index (χ2n) is 4.54. The van der Waals surface area contributed by atoms with Gasteiger partial charge in [0.05, 0.1) is 6.54 Å². The molecule has 0 fully saturated rings. The molecule has 18 heavy (non-hydrogen) atoms. The molecule has 96 valence electrons. The summed E-state index contributed by atoms with van der Waals surface area (Å²) in [5.41, 5.74) is 1.43. The first-order chi connectivity index (χ1) is 8.75. The van der Waals surface area contributed by atoms with Crippen molar-refractivity contribution in [2.75, 3.05) is 18.4 Å². The molecule has 2 aliphatic heterocycles. The molecule has 4 nitrogen and oxygen atoms in total. The Bertz CT molecular complexity index is 426. The number of benzene rings is 1. The van der Waals surface area contributed by atoms with Gasteiger partial charge in [0, 0.05) is 17.7 Å². The molecule has 0 radical (unpaired) electrons. The zero-order chi connectivity index (χ0) is 12.8. The molecule has 0 atom stereocenters. The van der Waals surface area contributed by atoms with E-state index in [1.807, 2.05) is 0 Å². The van der Waals surface area contributed by atoms with E-state index in [1.165, 1.54) is 0 Å². The van der Waals surface area contributed by atoms with Crippen molar-refractivity contribution in [3.05, 3.63) is 29.8 Å². The quantitative estimate of drug-likeness (QED) is 0.736. The van der Waals surface area contributed by atoms with Crippen LogP contribution in [0.25, 0.3) is 0 Å². The fourth-order valence-corrected chi connectivity index (χ4v) is 1.98. The minimum Gasteiger partial charge on any atom is -0.326 e. The zero-order valence-electron chi connectivity index (χ0n) is 10.4. The second kappa shape index (κ2) is 6.31. The van der Waals surface area contributed by atoms with Gasteiger partial charge in [-0.25, -0.2) is 0 Å². The summed E-state index contributed by atoms with van der Waals surface area (Å²) in [5.74, 6) is 0.129. The van der Waals surface area contributed by atoms with Crippen molar-refractivity contribution in [2.45, 2.75) is 25.7 Å². The van der Waals surface area contributed by atoms with Gasteiger partial charge in [0.15, 0.2) is 5.78 Å². The Labute approximate surface area is 107 Å². The molecule has 3 rings (SSSR count). The maximum Gasteiger partial charge on any atom is 0.224 e. The van der Waals surface area contributed by atoms with Crippen LogP contribution in [0, 0.1) is 0 Å². The molecule has 0 unspecified atom stereocenters. The van der Waals surface area contributed by atoms with Gasteiger partial charge in [0.25, 0.3) is 0 Å². The van der Waals surface area contributed by atoms with Gasteiger partial charge >= 0.3 is 0 Å². The van der Waals surface area contributed by atoms with E-state index >= 15 is 0 Å². The van der Waals surface area contributed by atoms with Crippen LogP contribution in [0.2, 0.25) is 0 Å². The first kappa shape index (κ1) is 12.8. The van der Waals surface area contributed by atoms with Gasteiger partial charge in [-0.05, 0) is 43.7 Å². The molecule has 0 saturated heterocycles. The van der Waals surface area contributed by atoms with Gasteiger partial charge in [-0.15, -0.1) is 0 Å². The van der Waals surface area contributed by atoms with Crippen molar-refractivity contribution in [1.29, 1.82) is 0 Å². The third-order valence-electron chi connectivity index (χ3n) is 3.03. The average Bonchev–Trinajstić information content (AvgIpc) is 2.37. The number of hydrogen-bond donors (Lipinski definition) is 2. The Hall–Kier alpha value is -1.68. The average molecular weight is 246 g/mol. The number of ketones is 1. The molecule has 4 heteroatoms. The molecule has 2 heterocycles. The lowest BCUT2D eigenvalue weighted by Gasteiger charge is -2.09. The third-order valence-corrected chi connectivity index (χ3v) is 3.03.